The SMILES string of the molecule is COC(CN1CCN(CC(CS(=O)(=O)OC)OSOC(CN2CCN(CC(O)CS(=O)(=O)O)CC2)CS(=O)(=O)O)CC1)CS(=O)[O-]. The Hall–Kier alpha value is -0.130. The van der Waals surface area contributed by atoms with Crippen molar-refractivity contribution in [3.05, 3.63) is 0 Å². The van der Waals surface area contributed by atoms with E-state index in [1.165, 1.54) is 7.11 Å². The minimum atomic E-state index is -4.46. The number of aliphatic hydroxyl groups excluding tert-OH is 1. The summed E-state index contributed by atoms with van der Waals surface area (Å²) >= 11 is -1.83. The number of nitrogens with zero attached hydrogens (tertiary/aromatic N) is 4. The number of β-amino-alcohol motifs (C(OH)–C–C–N with tert-alkyl or cyclic N) is 1. The Morgan fingerprint density at radius 2 is 1.09 bits per heavy atom. The minimum absolute atomic E-state index is 0.0142. The van der Waals surface area contributed by atoms with Gasteiger partial charge in [0.05, 0.1) is 19.3 Å². The van der Waals surface area contributed by atoms with Crippen molar-refractivity contribution in [2.45, 2.75) is 24.4 Å². The van der Waals surface area contributed by atoms with Crippen LogP contribution >= 0.6 is 12.3 Å². The van der Waals surface area contributed by atoms with E-state index in [9.17, 15) is 43.7 Å². The molecule has 0 aliphatic carbocycles. The highest BCUT2D eigenvalue weighted by atomic mass is 32.2. The van der Waals surface area contributed by atoms with Gasteiger partial charge in [0.2, 0.25) is 0 Å². The predicted molar refractivity (Wildman–Crippen MR) is 167 cm³/mol. The van der Waals surface area contributed by atoms with E-state index in [0.29, 0.717) is 71.2 Å². The highest BCUT2D eigenvalue weighted by molar-refractivity contribution is 7.90. The molecule has 0 spiro atoms. The third kappa shape index (κ3) is 18.6. The lowest BCUT2D eigenvalue weighted by atomic mass is 10.2. The van der Waals surface area contributed by atoms with Gasteiger partial charge in [-0.25, -0.2) is 0 Å². The van der Waals surface area contributed by atoms with Crippen LogP contribution in [0.2, 0.25) is 0 Å². The summed E-state index contributed by atoms with van der Waals surface area (Å²) in [6.07, 6.45) is -3.78. The van der Waals surface area contributed by atoms with Crippen molar-refractivity contribution in [1.29, 1.82) is 0 Å². The molecule has 2 aliphatic rings. The van der Waals surface area contributed by atoms with Gasteiger partial charge in [0.25, 0.3) is 30.4 Å². The first-order valence-corrected chi connectivity index (χ1v) is 20.9. The van der Waals surface area contributed by atoms with Gasteiger partial charge in [-0.3, -0.25) is 45.5 Å². The smallest absolute Gasteiger partial charge is 0.269 e. The molecule has 2 fully saturated rings. The average Bonchev–Trinajstić information content (AvgIpc) is 2.92. The molecular weight excluding hydrogens is 721 g/mol. The lowest BCUT2D eigenvalue weighted by molar-refractivity contribution is 0.0441. The van der Waals surface area contributed by atoms with Crippen molar-refractivity contribution < 1.29 is 65.5 Å². The van der Waals surface area contributed by atoms with Crippen molar-refractivity contribution in [1.82, 2.24) is 19.6 Å². The maximum absolute atomic E-state index is 12.2. The molecule has 46 heavy (non-hydrogen) atoms. The fraction of sp³-hybridized carbons (Fsp3) is 1.00. The molecule has 24 heteroatoms. The summed E-state index contributed by atoms with van der Waals surface area (Å²) < 4.78 is 131. The fourth-order valence-corrected chi connectivity index (χ4v) is 8.24. The van der Waals surface area contributed by atoms with Crippen LogP contribution in [0.25, 0.3) is 0 Å². The van der Waals surface area contributed by atoms with Gasteiger partial charge in [0, 0.05) is 91.4 Å². The van der Waals surface area contributed by atoms with Crippen molar-refractivity contribution in [3.63, 3.8) is 0 Å². The van der Waals surface area contributed by atoms with Gasteiger partial charge in [-0.15, -0.1) is 0 Å². The summed E-state index contributed by atoms with van der Waals surface area (Å²) in [4.78, 5) is 7.63. The summed E-state index contributed by atoms with van der Waals surface area (Å²) in [6, 6.07) is 0. The number of aliphatic hydroxyl groups is 1. The van der Waals surface area contributed by atoms with Gasteiger partial charge in [0.15, 0.2) is 12.3 Å². The Labute approximate surface area is 278 Å². The molecule has 5 unspecified atom stereocenters. The van der Waals surface area contributed by atoms with Crippen molar-refractivity contribution in [2.75, 3.05) is 116 Å². The standard InChI is InChI=1S/C22H46N4O15S5/c1-38-20(15-43(28)29)12-24-7-9-26(10-8-24)14-22(18-46(36,37)39-2)41-42-40-21(17-45(33,34)35)13-25-5-3-23(4-6-25)11-19(27)16-44(30,31)32/h19-22,27H,3-18H2,1-2H3,(H,28,29)(H,30,31,32)(H,33,34,35)/p-1. The van der Waals surface area contributed by atoms with Gasteiger partial charge in [-0.2, -0.15) is 25.3 Å². The number of hydrogen-bond donors (Lipinski definition) is 3. The molecule has 3 N–H and O–H groups in total. The summed E-state index contributed by atoms with van der Waals surface area (Å²) in [5, 5.41) is 9.89. The monoisotopic (exact) mass is 765 g/mol. The van der Waals surface area contributed by atoms with E-state index < -0.39 is 83.1 Å². The van der Waals surface area contributed by atoms with Gasteiger partial charge in [-0.05, 0) is 0 Å². The quantitative estimate of drug-likeness (QED) is 0.0419. The third-order valence-electron chi connectivity index (χ3n) is 7.23. The lowest BCUT2D eigenvalue weighted by Gasteiger charge is -2.37. The summed E-state index contributed by atoms with van der Waals surface area (Å²) in [5.41, 5.74) is 0. The molecule has 0 bridgehead atoms. The number of rotatable bonds is 22. The summed E-state index contributed by atoms with van der Waals surface area (Å²) in [6.45, 7) is 4.45. The Morgan fingerprint density at radius 3 is 1.46 bits per heavy atom. The van der Waals surface area contributed by atoms with Crippen molar-refractivity contribution in [3.8, 4) is 0 Å². The summed E-state index contributed by atoms with van der Waals surface area (Å²) in [7, 11) is -10.3. The molecule has 2 heterocycles. The fourth-order valence-electron chi connectivity index (χ4n) is 5.00. The van der Waals surface area contributed by atoms with E-state index >= 15 is 0 Å². The average molecular weight is 766 g/mol. The molecule has 2 rings (SSSR count). The van der Waals surface area contributed by atoms with E-state index in [0.717, 1.165) is 7.11 Å². The largest absolute Gasteiger partial charge is 0.772 e. The Kier molecular flexibility index (Phi) is 18.2. The molecule has 0 aromatic rings. The van der Waals surface area contributed by atoms with E-state index in [1.807, 2.05) is 14.7 Å². The molecule has 19 nitrogen and oxygen atoms in total. The van der Waals surface area contributed by atoms with Crippen LogP contribution in [0.4, 0.5) is 0 Å². The number of methoxy groups -OCH3 is 1. The second kappa shape index (κ2) is 19.9. The molecule has 5 atom stereocenters. The molecule has 2 saturated heterocycles. The number of ether oxygens (including phenoxy) is 1. The topological polar surface area (TPSA) is 253 Å². The predicted octanol–water partition coefficient (Wildman–Crippen LogP) is -3.44. The second-order valence-electron chi connectivity index (χ2n) is 11.1. The zero-order valence-corrected chi connectivity index (χ0v) is 29.8. The molecule has 0 amide bonds. The van der Waals surface area contributed by atoms with Crippen LogP contribution in [-0.4, -0.2) is 208 Å². The first-order valence-electron chi connectivity index (χ1n) is 14.2. The van der Waals surface area contributed by atoms with Crippen LogP contribution in [0.1, 0.15) is 0 Å². The van der Waals surface area contributed by atoms with Crippen LogP contribution in [0.5, 0.6) is 0 Å². The molecular formula is C22H45N4O15S5-. The zero-order chi connectivity index (χ0) is 34.5. The van der Waals surface area contributed by atoms with E-state index in [2.05, 4.69) is 4.18 Å². The highest BCUT2D eigenvalue weighted by Crippen LogP contribution is 2.19. The Bertz CT molecular complexity index is 1240. The minimum Gasteiger partial charge on any atom is -0.772 e. The molecule has 0 aromatic heterocycles. The summed E-state index contributed by atoms with van der Waals surface area (Å²) in [5.74, 6) is -2.20. The Balaban J connectivity index is 1.91. The van der Waals surface area contributed by atoms with E-state index in [-0.39, 0.29) is 25.4 Å². The Morgan fingerprint density at radius 1 is 0.696 bits per heavy atom. The first-order chi connectivity index (χ1) is 21.4. The normalized spacial score (nSPS) is 22.0. The van der Waals surface area contributed by atoms with Crippen molar-refractivity contribution >= 4 is 53.8 Å². The number of piperazine rings is 2. The zero-order valence-electron chi connectivity index (χ0n) is 25.7. The third-order valence-corrected chi connectivity index (χ3v) is 11.5. The lowest BCUT2D eigenvalue weighted by Crippen LogP contribution is -2.51. The molecule has 0 saturated carbocycles. The molecule has 0 aromatic carbocycles. The molecule has 0 radical (unpaired) electrons. The van der Waals surface area contributed by atoms with Gasteiger partial charge >= 0.3 is 0 Å². The maximum atomic E-state index is 12.2. The first kappa shape index (κ1) is 42.0. The van der Waals surface area contributed by atoms with Crippen LogP contribution in [-0.2, 0) is 58.7 Å². The molecule has 274 valence electrons. The van der Waals surface area contributed by atoms with Crippen LogP contribution in [0, 0.1) is 0 Å². The van der Waals surface area contributed by atoms with Gasteiger partial charge in [-0.1, -0.05) is 11.1 Å². The van der Waals surface area contributed by atoms with Gasteiger partial charge in [0.1, 0.15) is 29.5 Å². The van der Waals surface area contributed by atoms with E-state index in [4.69, 9.17) is 17.7 Å². The molecule has 2 aliphatic heterocycles. The van der Waals surface area contributed by atoms with Crippen LogP contribution in [0.15, 0.2) is 0 Å². The van der Waals surface area contributed by atoms with Crippen LogP contribution in [0.3, 0.4) is 0 Å². The van der Waals surface area contributed by atoms with E-state index in [1.54, 1.807) is 4.90 Å². The highest BCUT2D eigenvalue weighted by Gasteiger charge is 2.29. The van der Waals surface area contributed by atoms with Gasteiger partial charge < -0.3 is 14.4 Å². The second-order valence-corrected chi connectivity index (χ2v) is 17.3. The maximum Gasteiger partial charge on any atom is 0.269 e. The van der Waals surface area contributed by atoms with Crippen molar-refractivity contribution in [2.24, 2.45) is 0 Å². The van der Waals surface area contributed by atoms with Crippen LogP contribution < -0.4 is 0 Å². The number of hydrogen-bond acceptors (Lipinski definition) is 18.